The molecule has 0 amide bonds. The summed E-state index contributed by atoms with van der Waals surface area (Å²) in [5.41, 5.74) is 9.04. The van der Waals surface area contributed by atoms with Crippen LogP contribution in [0.5, 0.6) is 0 Å². The zero-order valence-electron chi connectivity index (χ0n) is 11.6. The van der Waals surface area contributed by atoms with Gasteiger partial charge in [0.05, 0.1) is 6.04 Å². The van der Waals surface area contributed by atoms with Crippen LogP contribution in [0.3, 0.4) is 0 Å². The first kappa shape index (κ1) is 14.0. The highest BCUT2D eigenvalue weighted by molar-refractivity contribution is 7.10. The molecule has 2 aromatic rings. The Morgan fingerprint density at radius 2 is 2.16 bits per heavy atom. The largest absolute Gasteiger partial charge is 0.319 e. The molecule has 19 heavy (non-hydrogen) atoms. The molecule has 0 saturated carbocycles. The van der Waals surface area contributed by atoms with Gasteiger partial charge in [-0.2, -0.15) is 0 Å². The molecule has 102 valence electrons. The standard InChI is InChI=1S/C15H20N2OS/c1-4-7-17-11(3)9-10(2)13(15(17)18)14(16)12-6-5-8-19-12/h5-6,8-9,14H,4,7,16H2,1-3H3. The Balaban J connectivity index is 2.57. The van der Waals surface area contributed by atoms with Crippen molar-refractivity contribution in [2.75, 3.05) is 0 Å². The fraction of sp³-hybridized carbons (Fsp3) is 0.400. The van der Waals surface area contributed by atoms with Crippen LogP contribution in [-0.2, 0) is 6.54 Å². The van der Waals surface area contributed by atoms with Gasteiger partial charge in [-0.25, -0.2) is 0 Å². The van der Waals surface area contributed by atoms with Crippen molar-refractivity contribution in [1.82, 2.24) is 4.57 Å². The number of hydrogen-bond acceptors (Lipinski definition) is 3. The summed E-state index contributed by atoms with van der Waals surface area (Å²) in [5, 5.41) is 1.99. The topological polar surface area (TPSA) is 48.0 Å². The van der Waals surface area contributed by atoms with Crippen LogP contribution in [0, 0.1) is 13.8 Å². The number of nitrogens with two attached hydrogens (primary N) is 1. The van der Waals surface area contributed by atoms with Crippen LogP contribution >= 0.6 is 11.3 Å². The monoisotopic (exact) mass is 276 g/mol. The second kappa shape index (κ2) is 5.72. The summed E-state index contributed by atoms with van der Waals surface area (Å²) in [6.07, 6.45) is 0.942. The van der Waals surface area contributed by atoms with Crippen molar-refractivity contribution in [2.45, 2.75) is 39.8 Å². The van der Waals surface area contributed by atoms with E-state index in [9.17, 15) is 4.79 Å². The molecule has 0 spiro atoms. The van der Waals surface area contributed by atoms with E-state index in [1.165, 1.54) is 0 Å². The van der Waals surface area contributed by atoms with Gasteiger partial charge in [0, 0.05) is 22.7 Å². The predicted octanol–water partition coefficient (Wildman–Crippen LogP) is 2.98. The lowest BCUT2D eigenvalue weighted by Crippen LogP contribution is -2.31. The van der Waals surface area contributed by atoms with Gasteiger partial charge in [-0.15, -0.1) is 11.3 Å². The van der Waals surface area contributed by atoms with Crippen LogP contribution in [0.1, 0.15) is 41.1 Å². The number of aromatic nitrogens is 1. The second-order valence-electron chi connectivity index (χ2n) is 4.83. The number of aryl methyl sites for hydroxylation is 2. The summed E-state index contributed by atoms with van der Waals surface area (Å²) in [6, 6.07) is 5.68. The molecule has 0 bridgehead atoms. The molecular formula is C15H20N2OS. The maximum atomic E-state index is 12.6. The maximum absolute atomic E-state index is 12.6. The zero-order valence-corrected chi connectivity index (χ0v) is 12.5. The molecule has 0 aliphatic rings. The molecule has 1 unspecified atom stereocenters. The average Bonchev–Trinajstić information content (AvgIpc) is 2.87. The molecule has 4 heteroatoms. The Morgan fingerprint density at radius 1 is 1.42 bits per heavy atom. The van der Waals surface area contributed by atoms with Gasteiger partial charge in [-0.05, 0) is 43.3 Å². The first-order chi connectivity index (χ1) is 9.06. The highest BCUT2D eigenvalue weighted by Crippen LogP contribution is 2.24. The third-order valence-electron chi connectivity index (χ3n) is 3.36. The van der Waals surface area contributed by atoms with E-state index in [-0.39, 0.29) is 11.6 Å². The van der Waals surface area contributed by atoms with E-state index in [4.69, 9.17) is 5.73 Å². The van der Waals surface area contributed by atoms with Crippen molar-refractivity contribution in [2.24, 2.45) is 5.73 Å². The third kappa shape index (κ3) is 2.65. The van der Waals surface area contributed by atoms with Crippen LogP contribution in [-0.4, -0.2) is 4.57 Å². The van der Waals surface area contributed by atoms with Gasteiger partial charge in [0.1, 0.15) is 0 Å². The Kier molecular flexibility index (Phi) is 4.22. The van der Waals surface area contributed by atoms with E-state index in [2.05, 4.69) is 13.0 Å². The average molecular weight is 276 g/mol. The first-order valence-corrected chi connectivity index (χ1v) is 7.44. The molecular weight excluding hydrogens is 256 g/mol. The minimum absolute atomic E-state index is 0.0558. The molecule has 0 saturated heterocycles. The van der Waals surface area contributed by atoms with E-state index < -0.39 is 0 Å². The van der Waals surface area contributed by atoms with Crippen LogP contribution in [0.4, 0.5) is 0 Å². The third-order valence-corrected chi connectivity index (χ3v) is 4.31. The summed E-state index contributed by atoms with van der Waals surface area (Å²) in [6.45, 7) is 6.76. The van der Waals surface area contributed by atoms with Crippen LogP contribution in [0.15, 0.2) is 28.4 Å². The van der Waals surface area contributed by atoms with E-state index in [1.807, 2.05) is 35.9 Å². The summed E-state index contributed by atoms with van der Waals surface area (Å²) in [4.78, 5) is 13.7. The zero-order chi connectivity index (χ0) is 14.0. The van der Waals surface area contributed by atoms with Gasteiger partial charge in [-0.1, -0.05) is 13.0 Å². The van der Waals surface area contributed by atoms with E-state index in [1.54, 1.807) is 11.3 Å². The lowest BCUT2D eigenvalue weighted by molar-refractivity contribution is 0.621. The fourth-order valence-corrected chi connectivity index (χ4v) is 3.17. The quantitative estimate of drug-likeness (QED) is 0.933. The molecule has 0 fully saturated rings. The lowest BCUT2D eigenvalue weighted by atomic mass is 10.0. The van der Waals surface area contributed by atoms with E-state index in [0.717, 1.165) is 34.7 Å². The molecule has 2 N–H and O–H groups in total. The highest BCUT2D eigenvalue weighted by Gasteiger charge is 2.18. The minimum Gasteiger partial charge on any atom is -0.319 e. The Hall–Kier alpha value is -1.39. The summed E-state index contributed by atoms with van der Waals surface area (Å²) in [5.74, 6) is 0. The molecule has 0 aromatic carbocycles. The lowest BCUT2D eigenvalue weighted by Gasteiger charge is -2.17. The predicted molar refractivity (Wildman–Crippen MR) is 80.8 cm³/mol. The number of hydrogen-bond donors (Lipinski definition) is 1. The van der Waals surface area contributed by atoms with Gasteiger partial charge in [0.25, 0.3) is 5.56 Å². The normalized spacial score (nSPS) is 12.6. The summed E-state index contributed by atoms with van der Waals surface area (Å²) < 4.78 is 1.83. The Labute approximate surface area is 117 Å². The molecule has 0 radical (unpaired) electrons. The smallest absolute Gasteiger partial charge is 0.256 e. The molecule has 2 rings (SSSR count). The van der Waals surface area contributed by atoms with Crippen molar-refractivity contribution >= 4 is 11.3 Å². The molecule has 0 aliphatic heterocycles. The Bertz CT molecular complexity index is 614. The molecule has 2 aromatic heterocycles. The minimum atomic E-state index is -0.323. The van der Waals surface area contributed by atoms with Crippen LogP contribution in [0.2, 0.25) is 0 Å². The molecule has 1 atom stereocenters. The maximum Gasteiger partial charge on any atom is 0.256 e. The molecule has 3 nitrogen and oxygen atoms in total. The van der Waals surface area contributed by atoms with Crippen LogP contribution < -0.4 is 11.3 Å². The number of nitrogens with zero attached hydrogens (tertiary/aromatic N) is 1. The fourth-order valence-electron chi connectivity index (χ4n) is 2.43. The Morgan fingerprint density at radius 3 is 2.74 bits per heavy atom. The summed E-state index contributed by atoms with van der Waals surface area (Å²) >= 11 is 1.59. The second-order valence-corrected chi connectivity index (χ2v) is 5.81. The number of pyridine rings is 1. The van der Waals surface area contributed by atoms with Crippen molar-refractivity contribution in [3.63, 3.8) is 0 Å². The highest BCUT2D eigenvalue weighted by atomic mass is 32.1. The van der Waals surface area contributed by atoms with Crippen molar-refractivity contribution < 1.29 is 0 Å². The van der Waals surface area contributed by atoms with Crippen LogP contribution in [0.25, 0.3) is 0 Å². The van der Waals surface area contributed by atoms with E-state index >= 15 is 0 Å². The van der Waals surface area contributed by atoms with Gasteiger partial charge in [-0.3, -0.25) is 4.79 Å². The number of thiophene rings is 1. The van der Waals surface area contributed by atoms with Crippen molar-refractivity contribution in [3.05, 3.63) is 55.6 Å². The van der Waals surface area contributed by atoms with E-state index in [0.29, 0.717) is 0 Å². The van der Waals surface area contributed by atoms with Gasteiger partial charge >= 0.3 is 0 Å². The first-order valence-electron chi connectivity index (χ1n) is 6.56. The molecule has 2 heterocycles. The van der Waals surface area contributed by atoms with Gasteiger partial charge in [0.2, 0.25) is 0 Å². The summed E-state index contributed by atoms with van der Waals surface area (Å²) in [7, 11) is 0. The SMILES string of the molecule is CCCn1c(C)cc(C)c(C(N)c2cccs2)c1=O. The van der Waals surface area contributed by atoms with Crippen molar-refractivity contribution in [3.8, 4) is 0 Å². The van der Waals surface area contributed by atoms with Gasteiger partial charge in [0.15, 0.2) is 0 Å². The number of rotatable bonds is 4. The van der Waals surface area contributed by atoms with Crippen molar-refractivity contribution in [1.29, 1.82) is 0 Å². The van der Waals surface area contributed by atoms with Gasteiger partial charge < -0.3 is 10.3 Å². The molecule has 0 aliphatic carbocycles.